The molecule has 2 heteroatoms. The van der Waals surface area contributed by atoms with Gasteiger partial charge in [0.25, 0.3) is 0 Å². The normalized spacial score (nSPS) is 18.1. The summed E-state index contributed by atoms with van der Waals surface area (Å²) in [5.74, 6) is 7.64. The summed E-state index contributed by atoms with van der Waals surface area (Å²) in [4.78, 5) is 2.72. The van der Waals surface area contributed by atoms with Crippen molar-refractivity contribution in [3.05, 3.63) is 0 Å². The van der Waals surface area contributed by atoms with E-state index in [2.05, 4.69) is 30.6 Å². The van der Waals surface area contributed by atoms with E-state index in [1.54, 1.807) is 0 Å². The van der Waals surface area contributed by atoms with Crippen LogP contribution in [0.4, 0.5) is 0 Å². The molecule has 0 aromatic rings. The Morgan fingerprint density at radius 1 is 0.553 bits per heavy atom. The zero-order valence-electron chi connectivity index (χ0n) is 26.4. The van der Waals surface area contributed by atoms with Gasteiger partial charge in [-0.3, -0.25) is 4.90 Å². The van der Waals surface area contributed by atoms with E-state index in [-0.39, 0.29) is 0 Å². The summed E-state index contributed by atoms with van der Waals surface area (Å²) in [5.41, 5.74) is 0. The summed E-state index contributed by atoms with van der Waals surface area (Å²) >= 11 is 0. The Morgan fingerprint density at radius 3 is 1.50 bits per heavy atom. The highest BCUT2D eigenvalue weighted by molar-refractivity contribution is 5.09. The molecule has 0 radical (unpaired) electrons. The molecule has 0 amide bonds. The Morgan fingerprint density at radius 2 is 1.00 bits per heavy atom. The van der Waals surface area contributed by atoms with Crippen molar-refractivity contribution in [3.63, 3.8) is 0 Å². The van der Waals surface area contributed by atoms with E-state index in [9.17, 15) is 0 Å². The predicted molar refractivity (Wildman–Crippen MR) is 170 cm³/mol. The van der Waals surface area contributed by atoms with Crippen LogP contribution in [0.5, 0.6) is 0 Å². The highest BCUT2D eigenvalue weighted by Crippen LogP contribution is 2.22. The molecule has 2 saturated heterocycles. The van der Waals surface area contributed by atoms with Gasteiger partial charge in [0.1, 0.15) is 6.54 Å². The number of unbranched alkanes of at least 4 members (excludes halogenated alkanes) is 18. The minimum Gasteiger partial charge on any atom is -0.313 e. The zero-order valence-corrected chi connectivity index (χ0v) is 26.4. The Labute approximate surface area is 240 Å². The summed E-state index contributed by atoms with van der Waals surface area (Å²) < 4.78 is 1.31. The van der Waals surface area contributed by atoms with Crippen LogP contribution in [0.1, 0.15) is 174 Å². The summed E-state index contributed by atoms with van der Waals surface area (Å²) in [6, 6.07) is 0.534. The Kier molecular flexibility index (Phi) is 20.6. The van der Waals surface area contributed by atoms with Gasteiger partial charge in [0, 0.05) is 12.8 Å². The summed E-state index contributed by atoms with van der Waals surface area (Å²) in [7, 11) is 0. The number of hydrogen-bond donors (Lipinski definition) is 0. The third-order valence-electron chi connectivity index (χ3n) is 9.60. The van der Waals surface area contributed by atoms with Gasteiger partial charge >= 0.3 is 0 Å². The van der Waals surface area contributed by atoms with Crippen molar-refractivity contribution in [1.29, 1.82) is 0 Å². The van der Waals surface area contributed by atoms with Crippen LogP contribution < -0.4 is 0 Å². The molecule has 2 aliphatic heterocycles. The highest BCUT2D eigenvalue weighted by Gasteiger charge is 2.30. The van der Waals surface area contributed by atoms with Crippen molar-refractivity contribution in [2.75, 3.05) is 39.3 Å². The van der Waals surface area contributed by atoms with Crippen molar-refractivity contribution in [2.24, 2.45) is 0 Å². The van der Waals surface area contributed by atoms with E-state index in [1.807, 2.05) is 0 Å². The van der Waals surface area contributed by atoms with Crippen LogP contribution in [-0.4, -0.2) is 54.7 Å². The predicted octanol–water partition coefficient (Wildman–Crippen LogP) is 10.3. The van der Waals surface area contributed by atoms with Crippen molar-refractivity contribution < 1.29 is 4.48 Å². The van der Waals surface area contributed by atoms with Gasteiger partial charge in [0.05, 0.1) is 25.7 Å². The quantitative estimate of drug-likeness (QED) is 0.0682. The number of likely N-dealkylation sites (tertiary alicyclic amines) is 2. The third-order valence-corrected chi connectivity index (χ3v) is 9.60. The van der Waals surface area contributed by atoms with Gasteiger partial charge in [0.2, 0.25) is 0 Å². The number of rotatable bonds is 24. The first-order valence-electron chi connectivity index (χ1n) is 17.9. The third kappa shape index (κ3) is 15.9. The molecule has 0 saturated carbocycles. The lowest BCUT2D eigenvalue weighted by Gasteiger charge is -2.32. The van der Waals surface area contributed by atoms with Crippen molar-refractivity contribution in [2.45, 2.75) is 180 Å². The summed E-state index contributed by atoms with van der Waals surface area (Å²) in [6.45, 7) is 12.5. The lowest BCUT2D eigenvalue weighted by Crippen LogP contribution is -2.46. The lowest BCUT2D eigenvalue weighted by molar-refractivity contribution is -0.910. The van der Waals surface area contributed by atoms with Crippen LogP contribution in [0, 0.1) is 11.8 Å². The van der Waals surface area contributed by atoms with Crippen molar-refractivity contribution in [3.8, 4) is 11.8 Å². The molecule has 0 bridgehead atoms. The second-order valence-corrected chi connectivity index (χ2v) is 13.1. The fraction of sp³-hybridized carbons (Fsp3) is 0.944. The average Bonchev–Trinajstić information content (AvgIpc) is 3.63. The fourth-order valence-corrected chi connectivity index (χ4v) is 6.96. The van der Waals surface area contributed by atoms with Crippen LogP contribution in [0.2, 0.25) is 0 Å². The molecule has 2 nitrogen and oxygen atoms in total. The van der Waals surface area contributed by atoms with Crippen LogP contribution in [0.15, 0.2) is 0 Å². The number of quaternary nitrogens is 1. The van der Waals surface area contributed by atoms with E-state index in [0.717, 1.165) is 6.54 Å². The maximum atomic E-state index is 3.84. The molecule has 1 unspecified atom stereocenters. The minimum absolute atomic E-state index is 0.534. The van der Waals surface area contributed by atoms with E-state index < -0.39 is 0 Å². The Bertz CT molecular complexity index is 576. The average molecular weight is 530 g/mol. The van der Waals surface area contributed by atoms with Crippen LogP contribution in [0.3, 0.4) is 0 Å². The van der Waals surface area contributed by atoms with Gasteiger partial charge in [-0.15, -0.1) is 0 Å². The van der Waals surface area contributed by atoms with Crippen LogP contribution in [-0.2, 0) is 0 Å². The van der Waals surface area contributed by atoms with Gasteiger partial charge in [0.15, 0.2) is 0 Å². The lowest BCUT2D eigenvalue weighted by atomic mass is 10.0. The van der Waals surface area contributed by atoms with Gasteiger partial charge < -0.3 is 4.48 Å². The van der Waals surface area contributed by atoms with Gasteiger partial charge in [-0.2, -0.15) is 0 Å². The summed E-state index contributed by atoms with van der Waals surface area (Å²) in [5, 5.41) is 0. The summed E-state index contributed by atoms with van der Waals surface area (Å²) in [6.07, 6.45) is 35.6. The van der Waals surface area contributed by atoms with Crippen molar-refractivity contribution >= 4 is 0 Å². The largest absolute Gasteiger partial charge is 0.313 e. The number of nitrogens with zero attached hydrogens (tertiary/aromatic N) is 2. The maximum Gasteiger partial charge on any atom is 0.141 e. The van der Waals surface area contributed by atoms with Crippen LogP contribution in [0.25, 0.3) is 0 Å². The Balaban J connectivity index is 1.64. The smallest absolute Gasteiger partial charge is 0.141 e. The Hall–Kier alpha value is -0.520. The van der Waals surface area contributed by atoms with Gasteiger partial charge in [-0.1, -0.05) is 135 Å². The molecule has 2 rings (SSSR count). The second kappa shape index (κ2) is 23.2. The minimum atomic E-state index is 0.534. The van der Waals surface area contributed by atoms with E-state index in [1.165, 1.54) is 198 Å². The van der Waals surface area contributed by atoms with Gasteiger partial charge in [-0.25, -0.2) is 0 Å². The zero-order chi connectivity index (χ0) is 27.0. The first kappa shape index (κ1) is 33.7. The second-order valence-electron chi connectivity index (χ2n) is 13.1. The monoisotopic (exact) mass is 530 g/mol. The molecule has 0 spiro atoms. The number of hydrogen-bond acceptors (Lipinski definition) is 1. The molecule has 0 aromatic heterocycles. The first-order chi connectivity index (χ1) is 18.8. The molecule has 222 valence electrons. The maximum absolute atomic E-state index is 3.84. The highest BCUT2D eigenvalue weighted by atomic mass is 15.4. The molecule has 1 atom stereocenters. The van der Waals surface area contributed by atoms with Crippen molar-refractivity contribution in [1.82, 2.24) is 4.90 Å². The first-order valence-corrected chi connectivity index (χ1v) is 17.9. The molecule has 38 heavy (non-hydrogen) atoms. The van der Waals surface area contributed by atoms with Crippen LogP contribution >= 0.6 is 0 Å². The van der Waals surface area contributed by atoms with E-state index >= 15 is 0 Å². The fourth-order valence-electron chi connectivity index (χ4n) is 6.96. The van der Waals surface area contributed by atoms with Gasteiger partial charge in [-0.05, 0) is 51.1 Å². The molecule has 0 N–H and O–H groups in total. The topological polar surface area (TPSA) is 3.24 Å². The van der Waals surface area contributed by atoms with E-state index in [0.29, 0.717) is 6.04 Å². The molecule has 0 aromatic carbocycles. The molecular formula is C36H69N2+. The molecule has 2 aliphatic rings. The molecule has 2 fully saturated rings. The molecule has 0 aliphatic carbocycles. The SMILES string of the molecule is CCCCCCCCCCCCC(C#CC[N+]1(CCCCCCCCCCCC)CCCC1)N1CCCC1. The standard InChI is InChI=1S/C36H69N2/c1-3-5-7-9-11-13-15-17-19-21-28-36(37-30-22-23-31-37)29-27-35-38(33-25-26-34-38)32-24-20-18-16-14-12-10-8-6-4-2/h36H,3-26,28,30-35H2,1-2H3/q+1. The molecule has 2 heterocycles. The van der Waals surface area contributed by atoms with E-state index in [4.69, 9.17) is 0 Å². The molecular weight excluding hydrogens is 460 g/mol.